The van der Waals surface area contributed by atoms with Crippen molar-refractivity contribution >= 4 is 0 Å². The SMILES string of the molecule is NC1CCC(CNCc2cc(O)cc(O)n2)CC1. The fourth-order valence-corrected chi connectivity index (χ4v) is 2.44. The summed E-state index contributed by atoms with van der Waals surface area (Å²) in [6, 6.07) is 3.17. The normalized spacial score (nSPS) is 24.1. The number of nitrogens with two attached hydrogens (primary N) is 1. The lowest BCUT2D eigenvalue weighted by Gasteiger charge is -2.26. The molecule has 5 nitrogen and oxygen atoms in total. The number of hydrogen-bond acceptors (Lipinski definition) is 5. The Kier molecular flexibility index (Phi) is 4.38. The van der Waals surface area contributed by atoms with E-state index in [2.05, 4.69) is 10.3 Å². The quantitative estimate of drug-likeness (QED) is 0.643. The molecule has 5 N–H and O–H groups in total. The highest BCUT2D eigenvalue weighted by Crippen LogP contribution is 2.22. The second-order valence-electron chi connectivity index (χ2n) is 5.09. The molecule has 0 bridgehead atoms. The van der Waals surface area contributed by atoms with Crippen molar-refractivity contribution in [3.05, 3.63) is 17.8 Å². The van der Waals surface area contributed by atoms with Crippen LogP contribution in [0.2, 0.25) is 0 Å². The number of rotatable bonds is 4. The minimum atomic E-state index is -0.143. The van der Waals surface area contributed by atoms with Crippen LogP contribution < -0.4 is 11.1 Å². The van der Waals surface area contributed by atoms with E-state index in [1.807, 2.05) is 0 Å². The maximum Gasteiger partial charge on any atom is 0.214 e. The van der Waals surface area contributed by atoms with E-state index in [0.29, 0.717) is 24.2 Å². The van der Waals surface area contributed by atoms with Gasteiger partial charge in [0.15, 0.2) is 0 Å². The molecule has 100 valence electrons. The third kappa shape index (κ3) is 3.85. The minimum absolute atomic E-state index is 0.0444. The molecule has 1 heterocycles. The van der Waals surface area contributed by atoms with E-state index in [1.54, 1.807) is 6.07 Å². The molecule has 1 aromatic heterocycles. The molecule has 0 saturated heterocycles. The summed E-state index contributed by atoms with van der Waals surface area (Å²) in [5, 5.41) is 21.9. The van der Waals surface area contributed by atoms with E-state index in [-0.39, 0.29) is 11.6 Å². The number of hydrogen-bond donors (Lipinski definition) is 4. The summed E-state index contributed by atoms with van der Waals surface area (Å²) in [5.74, 6) is 0.578. The summed E-state index contributed by atoms with van der Waals surface area (Å²) in [7, 11) is 0. The van der Waals surface area contributed by atoms with Gasteiger partial charge >= 0.3 is 0 Å². The fraction of sp³-hybridized carbons (Fsp3) is 0.615. The van der Waals surface area contributed by atoms with Gasteiger partial charge in [0.05, 0.1) is 5.69 Å². The standard InChI is InChI=1S/C13H21N3O2/c14-10-3-1-9(2-4-10)7-15-8-11-5-12(17)6-13(18)16-11/h5-6,9-10,15H,1-4,7-8,14H2,(H2,16,17,18). The molecule has 0 radical (unpaired) electrons. The van der Waals surface area contributed by atoms with Gasteiger partial charge < -0.3 is 21.3 Å². The van der Waals surface area contributed by atoms with Crippen molar-refractivity contribution < 1.29 is 10.2 Å². The van der Waals surface area contributed by atoms with Crippen molar-refractivity contribution in [2.24, 2.45) is 11.7 Å². The van der Waals surface area contributed by atoms with E-state index in [9.17, 15) is 10.2 Å². The second kappa shape index (κ2) is 6.02. The van der Waals surface area contributed by atoms with Crippen molar-refractivity contribution in [2.45, 2.75) is 38.3 Å². The van der Waals surface area contributed by atoms with Gasteiger partial charge in [-0.3, -0.25) is 0 Å². The van der Waals surface area contributed by atoms with Gasteiger partial charge in [0.1, 0.15) is 5.75 Å². The molecule has 18 heavy (non-hydrogen) atoms. The highest BCUT2D eigenvalue weighted by molar-refractivity contribution is 5.28. The Morgan fingerprint density at radius 1 is 1.22 bits per heavy atom. The number of nitrogens with one attached hydrogen (secondary N) is 1. The van der Waals surface area contributed by atoms with Crippen LogP contribution in [0.3, 0.4) is 0 Å². The van der Waals surface area contributed by atoms with Crippen LogP contribution in [0.4, 0.5) is 0 Å². The molecule has 5 heteroatoms. The third-order valence-corrected chi connectivity index (χ3v) is 3.48. The van der Waals surface area contributed by atoms with Crippen LogP contribution >= 0.6 is 0 Å². The maximum atomic E-state index is 9.33. The zero-order valence-corrected chi connectivity index (χ0v) is 10.5. The van der Waals surface area contributed by atoms with Gasteiger partial charge in [0.25, 0.3) is 0 Å². The summed E-state index contributed by atoms with van der Waals surface area (Å²) >= 11 is 0. The molecule has 0 spiro atoms. The average Bonchev–Trinajstić information content (AvgIpc) is 2.30. The molecule has 0 aromatic carbocycles. The first-order valence-corrected chi connectivity index (χ1v) is 6.48. The number of nitrogens with zero attached hydrogens (tertiary/aromatic N) is 1. The number of aromatic nitrogens is 1. The molecule has 1 saturated carbocycles. The van der Waals surface area contributed by atoms with Gasteiger partial charge in [0.2, 0.25) is 5.88 Å². The van der Waals surface area contributed by atoms with Crippen LogP contribution in [0.25, 0.3) is 0 Å². The van der Waals surface area contributed by atoms with Crippen LogP contribution in [0.5, 0.6) is 11.6 Å². The predicted octanol–water partition coefficient (Wildman–Crippen LogP) is 1.10. The Balaban J connectivity index is 1.74. The summed E-state index contributed by atoms with van der Waals surface area (Å²) < 4.78 is 0. The predicted molar refractivity (Wildman–Crippen MR) is 69.2 cm³/mol. The van der Waals surface area contributed by atoms with E-state index in [1.165, 1.54) is 18.9 Å². The van der Waals surface area contributed by atoms with Crippen LogP contribution in [0, 0.1) is 5.92 Å². The largest absolute Gasteiger partial charge is 0.508 e. The topological polar surface area (TPSA) is 91.4 Å². The lowest BCUT2D eigenvalue weighted by atomic mass is 9.86. The van der Waals surface area contributed by atoms with E-state index in [4.69, 9.17) is 5.73 Å². The first-order chi connectivity index (χ1) is 8.63. The summed E-state index contributed by atoms with van der Waals surface area (Å²) in [6.45, 7) is 1.50. The van der Waals surface area contributed by atoms with Gasteiger partial charge in [0, 0.05) is 24.7 Å². The Bertz CT molecular complexity index is 370. The first-order valence-electron chi connectivity index (χ1n) is 6.48. The van der Waals surface area contributed by atoms with E-state index < -0.39 is 0 Å². The summed E-state index contributed by atoms with van der Waals surface area (Å²) in [5.41, 5.74) is 6.52. The number of pyridine rings is 1. The number of aromatic hydroxyl groups is 2. The van der Waals surface area contributed by atoms with E-state index >= 15 is 0 Å². The fourth-order valence-electron chi connectivity index (χ4n) is 2.44. The van der Waals surface area contributed by atoms with Crippen molar-refractivity contribution in [3.63, 3.8) is 0 Å². The molecule has 2 rings (SSSR count). The van der Waals surface area contributed by atoms with Crippen LogP contribution in [0.15, 0.2) is 12.1 Å². The van der Waals surface area contributed by atoms with E-state index in [0.717, 1.165) is 19.4 Å². The van der Waals surface area contributed by atoms with Crippen molar-refractivity contribution in [1.29, 1.82) is 0 Å². The summed E-state index contributed by atoms with van der Waals surface area (Å²) in [6.07, 6.45) is 4.56. The molecule has 1 aliphatic carbocycles. The maximum absolute atomic E-state index is 9.33. The monoisotopic (exact) mass is 251 g/mol. The van der Waals surface area contributed by atoms with Gasteiger partial charge in [-0.2, -0.15) is 0 Å². The first kappa shape index (κ1) is 13.1. The van der Waals surface area contributed by atoms with Gasteiger partial charge in [-0.25, -0.2) is 4.98 Å². The Morgan fingerprint density at radius 3 is 2.61 bits per heavy atom. The minimum Gasteiger partial charge on any atom is -0.508 e. The highest BCUT2D eigenvalue weighted by Gasteiger charge is 2.17. The van der Waals surface area contributed by atoms with Crippen LogP contribution in [0.1, 0.15) is 31.4 Å². The molecule has 0 amide bonds. The highest BCUT2D eigenvalue weighted by atomic mass is 16.3. The molecule has 1 aromatic rings. The molecule has 0 atom stereocenters. The molecule has 1 aliphatic rings. The van der Waals surface area contributed by atoms with Crippen molar-refractivity contribution in [3.8, 4) is 11.6 Å². The van der Waals surface area contributed by atoms with Gasteiger partial charge in [-0.15, -0.1) is 0 Å². The molecular formula is C13H21N3O2. The zero-order valence-electron chi connectivity index (χ0n) is 10.5. The van der Waals surface area contributed by atoms with Gasteiger partial charge in [-0.05, 0) is 38.1 Å². The van der Waals surface area contributed by atoms with Crippen molar-refractivity contribution in [2.75, 3.05) is 6.54 Å². The lowest BCUT2D eigenvalue weighted by Crippen LogP contribution is -2.31. The Labute approximate surface area is 107 Å². The summed E-state index contributed by atoms with van der Waals surface area (Å²) in [4.78, 5) is 3.94. The molecule has 0 unspecified atom stereocenters. The second-order valence-corrected chi connectivity index (χ2v) is 5.09. The van der Waals surface area contributed by atoms with Crippen LogP contribution in [-0.4, -0.2) is 27.8 Å². The van der Waals surface area contributed by atoms with Gasteiger partial charge in [-0.1, -0.05) is 0 Å². The Hall–Kier alpha value is -1.33. The van der Waals surface area contributed by atoms with Crippen molar-refractivity contribution in [1.82, 2.24) is 10.3 Å². The average molecular weight is 251 g/mol. The lowest BCUT2D eigenvalue weighted by molar-refractivity contribution is 0.313. The molecular weight excluding hydrogens is 230 g/mol. The third-order valence-electron chi connectivity index (χ3n) is 3.48. The smallest absolute Gasteiger partial charge is 0.214 e. The van der Waals surface area contributed by atoms with Crippen LogP contribution in [-0.2, 0) is 6.54 Å². The Morgan fingerprint density at radius 2 is 1.94 bits per heavy atom. The zero-order chi connectivity index (χ0) is 13.0. The molecule has 0 aliphatic heterocycles. The molecule has 1 fully saturated rings.